The first kappa shape index (κ1) is 14.9. The van der Waals surface area contributed by atoms with Gasteiger partial charge in [0.1, 0.15) is 0 Å². The molecule has 0 radical (unpaired) electrons. The zero-order valence-corrected chi connectivity index (χ0v) is 13.5. The van der Waals surface area contributed by atoms with Crippen molar-refractivity contribution in [3.63, 3.8) is 0 Å². The lowest BCUT2D eigenvalue weighted by Gasteiger charge is -2.07. The highest BCUT2D eigenvalue weighted by Crippen LogP contribution is 2.42. The molecule has 2 rings (SSSR count). The quantitative estimate of drug-likeness (QED) is 0.794. The van der Waals surface area contributed by atoms with E-state index in [1.807, 2.05) is 11.3 Å². The molecule has 0 aliphatic heterocycles. The molecule has 0 saturated heterocycles. The summed E-state index contributed by atoms with van der Waals surface area (Å²) in [6.07, 6.45) is 3.77. The van der Waals surface area contributed by atoms with E-state index < -0.39 is 0 Å². The number of likely N-dealkylation sites (N-methyl/N-ethyl adjacent to an activating group) is 1. The van der Waals surface area contributed by atoms with E-state index in [-0.39, 0.29) is 0 Å². The molecule has 108 valence electrons. The molecule has 1 fully saturated rings. The summed E-state index contributed by atoms with van der Waals surface area (Å²) in [4.78, 5) is 8.61. The summed E-state index contributed by atoms with van der Waals surface area (Å²) in [5.41, 5.74) is 1.40. The molecule has 19 heavy (non-hydrogen) atoms. The highest BCUT2D eigenvalue weighted by molar-refractivity contribution is 7.11. The molecule has 1 heterocycles. The van der Waals surface area contributed by atoms with Crippen molar-refractivity contribution < 1.29 is 0 Å². The van der Waals surface area contributed by atoms with E-state index in [0.717, 1.165) is 32.0 Å². The molecule has 1 aromatic heterocycles. The highest BCUT2D eigenvalue weighted by atomic mass is 32.1. The van der Waals surface area contributed by atoms with Crippen LogP contribution in [0, 0.1) is 5.92 Å². The monoisotopic (exact) mass is 281 g/mol. The summed E-state index contributed by atoms with van der Waals surface area (Å²) >= 11 is 1.92. The van der Waals surface area contributed by atoms with Crippen LogP contribution in [0.2, 0.25) is 0 Å². The van der Waals surface area contributed by atoms with Crippen LogP contribution in [-0.4, -0.2) is 37.1 Å². The third kappa shape index (κ3) is 4.86. The van der Waals surface area contributed by atoms with Crippen LogP contribution in [0.4, 0.5) is 0 Å². The minimum absolute atomic E-state index is 0.713. The summed E-state index contributed by atoms with van der Waals surface area (Å²) in [6, 6.07) is 0. The first-order valence-electron chi connectivity index (χ1n) is 7.40. The highest BCUT2D eigenvalue weighted by Gasteiger charge is 2.29. The van der Waals surface area contributed by atoms with Gasteiger partial charge in [-0.2, -0.15) is 0 Å². The average Bonchev–Trinajstić information content (AvgIpc) is 3.09. The van der Waals surface area contributed by atoms with Gasteiger partial charge in [0.15, 0.2) is 0 Å². The van der Waals surface area contributed by atoms with E-state index >= 15 is 0 Å². The second-order valence-corrected chi connectivity index (χ2v) is 7.44. The molecule has 1 saturated carbocycles. The second kappa shape index (κ2) is 6.82. The van der Waals surface area contributed by atoms with Gasteiger partial charge in [0.25, 0.3) is 0 Å². The van der Waals surface area contributed by atoms with Gasteiger partial charge >= 0.3 is 0 Å². The molecule has 1 aliphatic rings. The summed E-state index contributed by atoms with van der Waals surface area (Å²) in [6.45, 7) is 7.70. The van der Waals surface area contributed by atoms with Gasteiger partial charge in [-0.3, -0.25) is 0 Å². The Morgan fingerprint density at radius 3 is 2.68 bits per heavy atom. The van der Waals surface area contributed by atoms with E-state index in [9.17, 15) is 0 Å². The van der Waals surface area contributed by atoms with Crippen molar-refractivity contribution in [1.82, 2.24) is 15.2 Å². The molecule has 3 nitrogen and oxygen atoms in total. The number of nitrogens with one attached hydrogen (secondary N) is 1. The topological polar surface area (TPSA) is 28.2 Å². The fraction of sp³-hybridized carbons (Fsp3) is 0.800. The normalized spacial score (nSPS) is 15.7. The maximum absolute atomic E-state index is 4.89. The van der Waals surface area contributed by atoms with Crippen LogP contribution in [0.3, 0.4) is 0 Å². The third-order valence-electron chi connectivity index (χ3n) is 3.35. The Balaban J connectivity index is 1.95. The molecule has 1 aliphatic carbocycles. The first-order chi connectivity index (χ1) is 9.06. The Morgan fingerprint density at radius 1 is 1.37 bits per heavy atom. The van der Waals surface area contributed by atoms with Crippen molar-refractivity contribution in [1.29, 1.82) is 0 Å². The van der Waals surface area contributed by atoms with E-state index in [1.54, 1.807) is 0 Å². The van der Waals surface area contributed by atoms with Crippen molar-refractivity contribution in [3.05, 3.63) is 15.6 Å². The lowest BCUT2D eigenvalue weighted by atomic mass is 10.2. The Morgan fingerprint density at radius 2 is 2.11 bits per heavy atom. The Labute approximate surface area is 121 Å². The molecular weight excluding hydrogens is 254 g/mol. The van der Waals surface area contributed by atoms with Crippen LogP contribution in [0.25, 0.3) is 0 Å². The molecule has 0 atom stereocenters. The second-order valence-electron chi connectivity index (χ2n) is 6.27. The molecule has 4 heteroatoms. The molecule has 0 aromatic carbocycles. The number of rotatable bonds is 8. The largest absolute Gasteiger partial charge is 0.312 e. The lowest BCUT2D eigenvalue weighted by Crippen LogP contribution is -2.18. The Bertz CT molecular complexity index is 394. The van der Waals surface area contributed by atoms with Crippen molar-refractivity contribution in [3.8, 4) is 0 Å². The van der Waals surface area contributed by atoms with Gasteiger partial charge in [-0.1, -0.05) is 13.8 Å². The molecule has 0 bridgehead atoms. The number of aromatic nitrogens is 1. The zero-order valence-electron chi connectivity index (χ0n) is 12.7. The average molecular weight is 281 g/mol. The fourth-order valence-electron chi connectivity index (χ4n) is 2.12. The van der Waals surface area contributed by atoms with Gasteiger partial charge in [-0.25, -0.2) is 4.98 Å². The van der Waals surface area contributed by atoms with Gasteiger partial charge < -0.3 is 10.2 Å². The smallest absolute Gasteiger partial charge is 0.0944 e. The Kier molecular flexibility index (Phi) is 5.37. The van der Waals surface area contributed by atoms with Crippen molar-refractivity contribution in [2.75, 3.05) is 27.2 Å². The molecule has 1 aromatic rings. The lowest BCUT2D eigenvalue weighted by molar-refractivity contribution is 0.413. The summed E-state index contributed by atoms with van der Waals surface area (Å²) in [7, 11) is 4.25. The maximum atomic E-state index is 4.89. The molecular formula is C15H27N3S. The number of hydrogen-bond acceptors (Lipinski definition) is 4. The van der Waals surface area contributed by atoms with E-state index in [0.29, 0.717) is 5.92 Å². The fourth-order valence-corrected chi connectivity index (χ4v) is 3.23. The van der Waals surface area contributed by atoms with Crippen molar-refractivity contribution >= 4 is 11.3 Å². The van der Waals surface area contributed by atoms with Crippen LogP contribution < -0.4 is 5.32 Å². The van der Waals surface area contributed by atoms with Crippen LogP contribution >= 0.6 is 11.3 Å². The zero-order chi connectivity index (χ0) is 13.8. The van der Waals surface area contributed by atoms with E-state index in [4.69, 9.17) is 4.98 Å². The van der Waals surface area contributed by atoms with Crippen molar-refractivity contribution in [2.24, 2.45) is 5.92 Å². The predicted octanol–water partition coefficient (Wildman–Crippen LogP) is 2.87. The summed E-state index contributed by atoms with van der Waals surface area (Å²) in [5, 5.41) is 4.88. The predicted molar refractivity (Wildman–Crippen MR) is 82.9 cm³/mol. The van der Waals surface area contributed by atoms with Crippen LogP contribution in [0.5, 0.6) is 0 Å². The van der Waals surface area contributed by atoms with Gasteiger partial charge in [-0.15, -0.1) is 11.3 Å². The van der Waals surface area contributed by atoms with Gasteiger partial charge in [0, 0.05) is 30.3 Å². The SMILES string of the molecule is CC(C)CNCc1sc(CCN(C)C)nc1C1CC1. The Hall–Kier alpha value is -0.450. The number of thiazole rings is 1. The van der Waals surface area contributed by atoms with Crippen LogP contribution in [0.15, 0.2) is 0 Å². The summed E-state index contributed by atoms with van der Waals surface area (Å²) < 4.78 is 0. The standard InChI is InChI=1S/C15H27N3S/c1-11(2)9-16-10-13-15(12-5-6-12)17-14(19-13)7-8-18(3)4/h11-12,16H,5-10H2,1-4H3. The van der Waals surface area contributed by atoms with Gasteiger partial charge in [-0.05, 0) is 39.4 Å². The van der Waals surface area contributed by atoms with E-state index in [2.05, 4.69) is 38.2 Å². The third-order valence-corrected chi connectivity index (χ3v) is 4.48. The molecule has 0 spiro atoms. The summed E-state index contributed by atoms with van der Waals surface area (Å²) in [5.74, 6) is 1.48. The molecule has 0 amide bonds. The molecule has 0 unspecified atom stereocenters. The van der Waals surface area contributed by atoms with Gasteiger partial charge in [0.2, 0.25) is 0 Å². The van der Waals surface area contributed by atoms with Crippen LogP contribution in [-0.2, 0) is 13.0 Å². The first-order valence-corrected chi connectivity index (χ1v) is 8.21. The minimum atomic E-state index is 0.713. The van der Waals surface area contributed by atoms with Crippen LogP contribution in [0.1, 0.15) is 48.2 Å². The van der Waals surface area contributed by atoms with Crippen molar-refractivity contribution in [2.45, 2.75) is 45.6 Å². The van der Waals surface area contributed by atoms with Gasteiger partial charge in [0.05, 0.1) is 10.7 Å². The number of nitrogens with zero attached hydrogens (tertiary/aromatic N) is 2. The maximum Gasteiger partial charge on any atom is 0.0944 e. The molecule has 1 N–H and O–H groups in total. The number of hydrogen-bond donors (Lipinski definition) is 1. The van der Waals surface area contributed by atoms with E-state index in [1.165, 1.54) is 28.4 Å². The minimum Gasteiger partial charge on any atom is -0.312 e.